The highest BCUT2D eigenvalue weighted by atomic mass is 32.2. The fourth-order valence-electron chi connectivity index (χ4n) is 1.39. The lowest BCUT2D eigenvalue weighted by Gasteiger charge is -2.06. The molecule has 1 N–H and O–H groups in total. The molecule has 0 heterocycles. The van der Waals surface area contributed by atoms with Gasteiger partial charge in [-0.15, -0.1) is 0 Å². The van der Waals surface area contributed by atoms with E-state index in [1.165, 1.54) is 13.2 Å². The second-order valence-corrected chi connectivity index (χ2v) is 4.48. The van der Waals surface area contributed by atoms with Crippen LogP contribution in [0.15, 0.2) is 18.2 Å². The van der Waals surface area contributed by atoms with Gasteiger partial charge in [-0.2, -0.15) is 11.8 Å². The molecule has 1 aromatic carbocycles. The molecule has 0 aliphatic rings. The SMILES string of the molecule is COc1ccc(CNCCCSC)cc1F. The smallest absolute Gasteiger partial charge is 0.165 e. The number of halogens is 1. The van der Waals surface area contributed by atoms with Gasteiger partial charge in [0.1, 0.15) is 0 Å². The van der Waals surface area contributed by atoms with E-state index < -0.39 is 0 Å². The second kappa shape index (κ2) is 7.52. The standard InChI is InChI=1S/C12H18FNOS/c1-15-12-5-4-10(8-11(12)13)9-14-6-3-7-16-2/h4-5,8,14H,3,6-7,9H2,1-2H3. The Balaban J connectivity index is 2.34. The average Bonchev–Trinajstić information content (AvgIpc) is 2.29. The van der Waals surface area contributed by atoms with Gasteiger partial charge in [0.05, 0.1) is 7.11 Å². The number of hydrogen-bond donors (Lipinski definition) is 1. The predicted molar refractivity (Wildman–Crippen MR) is 67.7 cm³/mol. The van der Waals surface area contributed by atoms with Crippen LogP contribution in [0.5, 0.6) is 5.75 Å². The third kappa shape index (κ3) is 4.41. The molecule has 0 saturated heterocycles. The van der Waals surface area contributed by atoms with E-state index in [9.17, 15) is 4.39 Å². The first-order chi connectivity index (χ1) is 7.77. The molecule has 2 nitrogen and oxygen atoms in total. The molecule has 0 aliphatic heterocycles. The molecule has 0 aromatic heterocycles. The number of benzene rings is 1. The summed E-state index contributed by atoms with van der Waals surface area (Å²) < 4.78 is 18.2. The van der Waals surface area contributed by atoms with Crippen molar-refractivity contribution in [3.8, 4) is 5.75 Å². The molecular formula is C12H18FNOS. The summed E-state index contributed by atoms with van der Waals surface area (Å²) in [6.07, 6.45) is 3.23. The molecule has 16 heavy (non-hydrogen) atoms. The first-order valence-corrected chi connectivity index (χ1v) is 6.69. The first-order valence-electron chi connectivity index (χ1n) is 5.30. The van der Waals surface area contributed by atoms with E-state index in [1.54, 1.807) is 6.07 Å². The summed E-state index contributed by atoms with van der Waals surface area (Å²) in [5.74, 6) is 1.15. The minimum Gasteiger partial charge on any atom is -0.494 e. The second-order valence-electron chi connectivity index (χ2n) is 3.49. The van der Waals surface area contributed by atoms with Crippen molar-refractivity contribution in [1.29, 1.82) is 0 Å². The van der Waals surface area contributed by atoms with E-state index in [2.05, 4.69) is 11.6 Å². The van der Waals surface area contributed by atoms with Crippen molar-refractivity contribution in [2.75, 3.05) is 25.7 Å². The Morgan fingerprint density at radius 3 is 2.88 bits per heavy atom. The Bertz CT molecular complexity index is 320. The third-order valence-corrected chi connectivity index (χ3v) is 2.94. The number of methoxy groups -OCH3 is 1. The van der Waals surface area contributed by atoms with Crippen LogP contribution in [0, 0.1) is 5.82 Å². The average molecular weight is 243 g/mol. The Labute approximate surface area is 101 Å². The van der Waals surface area contributed by atoms with Gasteiger partial charge in [-0.25, -0.2) is 4.39 Å². The molecule has 0 saturated carbocycles. The van der Waals surface area contributed by atoms with Gasteiger partial charge in [0, 0.05) is 6.54 Å². The summed E-state index contributed by atoms with van der Waals surface area (Å²) >= 11 is 1.84. The molecule has 0 aliphatic carbocycles. The molecule has 1 aromatic rings. The van der Waals surface area contributed by atoms with Crippen molar-refractivity contribution >= 4 is 11.8 Å². The van der Waals surface area contributed by atoms with Crippen LogP contribution in [0.3, 0.4) is 0 Å². The van der Waals surface area contributed by atoms with Gasteiger partial charge >= 0.3 is 0 Å². The van der Waals surface area contributed by atoms with Gasteiger partial charge in [0.15, 0.2) is 11.6 Å². The van der Waals surface area contributed by atoms with E-state index in [1.807, 2.05) is 17.8 Å². The van der Waals surface area contributed by atoms with Crippen molar-refractivity contribution in [2.45, 2.75) is 13.0 Å². The quantitative estimate of drug-likeness (QED) is 0.744. The third-order valence-electron chi connectivity index (χ3n) is 2.25. The molecule has 0 bridgehead atoms. The molecule has 0 spiro atoms. The van der Waals surface area contributed by atoms with Crippen LogP contribution in [0.1, 0.15) is 12.0 Å². The highest BCUT2D eigenvalue weighted by molar-refractivity contribution is 7.98. The Hall–Kier alpha value is -0.740. The highest BCUT2D eigenvalue weighted by Crippen LogP contribution is 2.17. The molecule has 0 fully saturated rings. The van der Waals surface area contributed by atoms with Crippen molar-refractivity contribution in [2.24, 2.45) is 0 Å². The number of nitrogens with one attached hydrogen (secondary N) is 1. The van der Waals surface area contributed by atoms with Gasteiger partial charge < -0.3 is 10.1 Å². The molecular weight excluding hydrogens is 225 g/mol. The van der Waals surface area contributed by atoms with E-state index in [0.717, 1.165) is 24.3 Å². The van der Waals surface area contributed by atoms with Crippen LogP contribution in [0.25, 0.3) is 0 Å². The normalized spacial score (nSPS) is 10.4. The number of hydrogen-bond acceptors (Lipinski definition) is 3. The summed E-state index contributed by atoms with van der Waals surface area (Å²) in [6.45, 7) is 1.67. The van der Waals surface area contributed by atoms with Crippen molar-refractivity contribution < 1.29 is 9.13 Å². The molecule has 4 heteroatoms. The summed E-state index contributed by atoms with van der Waals surface area (Å²) in [6, 6.07) is 5.05. The van der Waals surface area contributed by atoms with Crippen LogP contribution in [0.2, 0.25) is 0 Å². The molecule has 1 rings (SSSR count). The zero-order valence-corrected chi connectivity index (χ0v) is 10.6. The van der Waals surface area contributed by atoms with Gasteiger partial charge in [-0.05, 0) is 42.7 Å². The minimum atomic E-state index is -0.300. The maximum absolute atomic E-state index is 13.3. The largest absolute Gasteiger partial charge is 0.494 e. The topological polar surface area (TPSA) is 21.3 Å². The minimum absolute atomic E-state index is 0.297. The Kier molecular flexibility index (Phi) is 6.26. The molecule has 0 unspecified atom stereocenters. The lowest BCUT2D eigenvalue weighted by molar-refractivity contribution is 0.386. The summed E-state index contributed by atoms with van der Waals surface area (Å²) in [5.41, 5.74) is 0.947. The molecule has 90 valence electrons. The van der Waals surface area contributed by atoms with Crippen molar-refractivity contribution in [3.63, 3.8) is 0 Å². The fourth-order valence-corrected chi connectivity index (χ4v) is 1.83. The molecule has 0 atom stereocenters. The van der Waals surface area contributed by atoms with Gasteiger partial charge in [0.2, 0.25) is 0 Å². The Morgan fingerprint density at radius 2 is 2.25 bits per heavy atom. The van der Waals surface area contributed by atoms with Crippen LogP contribution in [-0.4, -0.2) is 25.7 Å². The number of ether oxygens (including phenoxy) is 1. The molecule has 0 amide bonds. The van der Waals surface area contributed by atoms with E-state index in [4.69, 9.17) is 4.74 Å². The van der Waals surface area contributed by atoms with E-state index in [-0.39, 0.29) is 5.82 Å². The monoisotopic (exact) mass is 243 g/mol. The van der Waals surface area contributed by atoms with E-state index in [0.29, 0.717) is 12.3 Å². The van der Waals surface area contributed by atoms with Crippen LogP contribution in [-0.2, 0) is 6.54 Å². The van der Waals surface area contributed by atoms with E-state index >= 15 is 0 Å². The Morgan fingerprint density at radius 1 is 1.44 bits per heavy atom. The number of rotatable bonds is 7. The number of thioether (sulfide) groups is 1. The first kappa shape index (κ1) is 13.3. The summed E-state index contributed by atoms with van der Waals surface area (Å²) in [7, 11) is 1.47. The fraction of sp³-hybridized carbons (Fsp3) is 0.500. The predicted octanol–water partition coefficient (Wildman–Crippen LogP) is 2.68. The van der Waals surface area contributed by atoms with Gasteiger partial charge in [-0.1, -0.05) is 6.07 Å². The maximum atomic E-state index is 13.3. The maximum Gasteiger partial charge on any atom is 0.165 e. The summed E-state index contributed by atoms with van der Waals surface area (Å²) in [5, 5.41) is 3.28. The zero-order chi connectivity index (χ0) is 11.8. The lowest BCUT2D eigenvalue weighted by Crippen LogP contribution is -2.15. The van der Waals surface area contributed by atoms with Gasteiger partial charge in [-0.3, -0.25) is 0 Å². The van der Waals surface area contributed by atoms with Crippen LogP contribution < -0.4 is 10.1 Å². The van der Waals surface area contributed by atoms with Crippen LogP contribution >= 0.6 is 11.8 Å². The van der Waals surface area contributed by atoms with Crippen molar-refractivity contribution in [3.05, 3.63) is 29.6 Å². The van der Waals surface area contributed by atoms with Crippen molar-refractivity contribution in [1.82, 2.24) is 5.32 Å². The van der Waals surface area contributed by atoms with Gasteiger partial charge in [0.25, 0.3) is 0 Å². The molecule has 0 radical (unpaired) electrons. The summed E-state index contributed by atoms with van der Waals surface area (Å²) in [4.78, 5) is 0. The van der Waals surface area contributed by atoms with Crippen LogP contribution in [0.4, 0.5) is 4.39 Å². The highest BCUT2D eigenvalue weighted by Gasteiger charge is 2.02. The zero-order valence-electron chi connectivity index (χ0n) is 9.75. The lowest BCUT2D eigenvalue weighted by atomic mass is 10.2.